The van der Waals surface area contributed by atoms with Gasteiger partial charge in [0.25, 0.3) is 0 Å². The Kier molecular flexibility index (Phi) is 3.79. The van der Waals surface area contributed by atoms with Crippen molar-refractivity contribution in [2.24, 2.45) is 7.05 Å². The molecule has 0 aliphatic rings. The van der Waals surface area contributed by atoms with Gasteiger partial charge in [0.15, 0.2) is 12.4 Å². The van der Waals surface area contributed by atoms with Crippen LogP contribution in [0.25, 0.3) is 0 Å². The molecule has 2 rings (SSSR count). The fraction of sp³-hybridized carbons (Fsp3) is 0.214. The number of rotatable bonds is 4. The maximum Gasteiger partial charge on any atom is 0.192 e. The summed E-state index contributed by atoms with van der Waals surface area (Å²) >= 11 is 0. The van der Waals surface area contributed by atoms with Crippen LogP contribution in [-0.4, -0.2) is 16.8 Å². The third-order valence-electron chi connectivity index (χ3n) is 2.69. The SMILES string of the molecule is C[n+]1cccc(Nc2ccc(CCO)c(O)c2)c1. The molecular formula is C14H17N2O2+. The van der Waals surface area contributed by atoms with Gasteiger partial charge in [-0.3, -0.25) is 0 Å². The van der Waals surface area contributed by atoms with Crippen molar-refractivity contribution in [2.45, 2.75) is 6.42 Å². The average molecular weight is 245 g/mol. The number of anilines is 2. The number of aliphatic hydroxyl groups is 1. The summed E-state index contributed by atoms with van der Waals surface area (Å²) in [5.41, 5.74) is 2.52. The Morgan fingerprint density at radius 3 is 2.72 bits per heavy atom. The van der Waals surface area contributed by atoms with E-state index in [1.54, 1.807) is 6.07 Å². The van der Waals surface area contributed by atoms with Crippen molar-refractivity contribution in [3.8, 4) is 5.75 Å². The molecule has 0 spiro atoms. The van der Waals surface area contributed by atoms with Gasteiger partial charge in [-0.05, 0) is 24.1 Å². The first kappa shape index (κ1) is 12.4. The van der Waals surface area contributed by atoms with E-state index in [2.05, 4.69) is 5.32 Å². The number of aromatic hydroxyl groups is 1. The molecule has 0 aliphatic heterocycles. The van der Waals surface area contributed by atoms with Crippen LogP contribution in [0.2, 0.25) is 0 Å². The van der Waals surface area contributed by atoms with E-state index >= 15 is 0 Å². The van der Waals surface area contributed by atoms with Gasteiger partial charge in [-0.1, -0.05) is 6.07 Å². The van der Waals surface area contributed by atoms with Crippen molar-refractivity contribution >= 4 is 11.4 Å². The predicted octanol–water partition coefficient (Wildman–Crippen LogP) is 1.50. The number of phenolic OH excluding ortho intramolecular Hbond substituents is 1. The van der Waals surface area contributed by atoms with Crippen molar-refractivity contribution in [1.82, 2.24) is 0 Å². The molecule has 1 aromatic heterocycles. The number of nitrogens with one attached hydrogen (secondary N) is 1. The molecule has 0 aliphatic carbocycles. The standard InChI is InChI=1S/C14H16N2O2/c1-16-7-2-3-13(10-16)15-12-5-4-11(6-8-17)14(18)9-12/h2-5,7,9-10,15,17H,6,8H2,1H3/p+1. The summed E-state index contributed by atoms with van der Waals surface area (Å²) in [5.74, 6) is 0.203. The number of benzene rings is 1. The molecule has 94 valence electrons. The molecule has 0 bridgehead atoms. The third kappa shape index (κ3) is 2.99. The lowest BCUT2D eigenvalue weighted by Crippen LogP contribution is -2.26. The Morgan fingerprint density at radius 2 is 2.06 bits per heavy atom. The third-order valence-corrected chi connectivity index (χ3v) is 2.69. The van der Waals surface area contributed by atoms with Gasteiger partial charge in [-0.15, -0.1) is 0 Å². The second-order valence-corrected chi connectivity index (χ2v) is 4.20. The summed E-state index contributed by atoms with van der Waals surface area (Å²) in [6, 6.07) is 9.27. The Labute approximate surface area is 106 Å². The predicted molar refractivity (Wildman–Crippen MR) is 69.8 cm³/mol. The number of hydrogen-bond donors (Lipinski definition) is 3. The minimum absolute atomic E-state index is 0.0366. The van der Waals surface area contributed by atoms with Crippen LogP contribution in [-0.2, 0) is 13.5 Å². The highest BCUT2D eigenvalue weighted by atomic mass is 16.3. The number of aliphatic hydroxyl groups excluding tert-OH is 1. The van der Waals surface area contributed by atoms with Crippen LogP contribution in [0.1, 0.15) is 5.56 Å². The maximum atomic E-state index is 9.80. The highest BCUT2D eigenvalue weighted by Crippen LogP contribution is 2.24. The van der Waals surface area contributed by atoms with Crippen molar-refractivity contribution < 1.29 is 14.8 Å². The largest absolute Gasteiger partial charge is 0.508 e. The summed E-state index contributed by atoms with van der Waals surface area (Å²) in [6.07, 6.45) is 4.37. The van der Waals surface area contributed by atoms with E-state index in [4.69, 9.17) is 5.11 Å². The summed E-state index contributed by atoms with van der Waals surface area (Å²) in [4.78, 5) is 0. The normalized spacial score (nSPS) is 10.3. The molecule has 0 radical (unpaired) electrons. The van der Waals surface area contributed by atoms with Gasteiger partial charge in [0, 0.05) is 24.4 Å². The van der Waals surface area contributed by atoms with Crippen molar-refractivity contribution in [3.63, 3.8) is 0 Å². The molecule has 18 heavy (non-hydrogen) atoms. The molecule has 0 amide bonds. The van der Waals surface area contributed by atoms with Gasteiger partial charge >= 0.3 is 0 Å². The van der Waals surface area contributed by atoms with Crippen LogP contribution >= 0.6 is 0 Å². The summed E-state index contributed by atoms with van der Waals surface area (Å²) < 4.78 is 1.95. The van der Waals surface area contributed by atoms with Crippen molar-refractivity contribution in [3.05, 3.63) is 48.3 Å². The van der Waals surface area contributed by atoms with Crippen LogP contribution < -0.4 is 9.88 Å². The Balaban J connectivity index is 2.17. The molecule has 4 heteroatoms. The van der Waals surface area contributed by atoms with E-state index < -0.39 is 0 Å². The minimum Gasteiger partial charge on any atom is -0.508 e. The molecule has 1 aromatic carbocycles. The summed E-state index contributed by atoms with van der Waals surface area (Å²) in [7, 11) is 1.95. The minimum atomic E-state index is 0.0366. The topological polar surface area (TPSA) is 56.4 Å². The van der Waals surface area contributed by atoms with E-state index in [0.29, 0.717) is 6.42 Å². The van der Waals surface area contributed by atoms with E-state index in [1.165, 1.54) is 0 Å². The lowest BCUT2D eigenvalue weighted by molar-refractivity contribution is -0.670. The zero-order valence-corrected chi connectivity index (χ0v) is 10.3. The van der Waals surface area contributed by atoms with Crippen LogP contribution in [0.3, 0.4) is 0 Å². The van der Waals surface area contributed by atoms with Gasteiger partial charge < -0.3 is 15.5 Å². The second kappa shape index (κ2) is 5.51. The molecule has 0 atom stereocenters. The van der Waals surface area contributed by atoms with E-state index in [9.17, 15) is 5.11 Å². The number of aryl methyl sites for hydroxylation is 1. The fourth-order valence-corrected chi connectivity index (χ4v) is 1.80. The van der Waals surface area contributed by atoms with E-state index in [0.717, 1.165) is 16.9 Å². The molecule has 0 unspecified atom stereocenters. The maximum absolute atomic E-state index is 9.80. The molecule has 1 heterocycles. The fourth-order valence-electron chi connectivity index (χ4n) is 1.80. The van der Waals surface area contributed by atoms with E-state index in [1.807, 2.05) is 48.3 Å². The first-order valence-electron chi connectivity index (χ1n) is 5.84. The van der Waals surface area contributed by atoms with Crippen molar-refractivity contribution in [1.29, 1.82) is 0 Å². The zero-order valence-electron chi connectivity index (χ0n) is 10.3. The summed E-state index contributed by atoms with van der Waals surface area (Å²) in [6.45, 7) is 0.0366. The number of phenols is 1. The Hall–Kier alpha value is -2.07. The monoisotopic (exact) mass is 245 g/mol. The van der Waals surface area contributed by atoms with E-state index in [-0.39, 0.29) is 12.4 Å². The molecule has 2 aromatic rings. The molecule has 4 nitrogen and oxygen atoms in total. The number of nitrogens with zero attached hydrogens (tertiary/aromatic N) is 1. The first-order valence-corrected chi connectivity index (χ1v) is 5.84. The van der Waals surface area contributed by atoms with Gasteiger partial charge in [-0.2, -0.15) is 0 Å². The Bertz CT molecular complexity index is 541. The molecule has 0 saturated heterocycles. The number of pyridine rings is 1. The van der Waals surface area contributed by atoms with Gasteiger partial charge in [0.1, 0.15) is 18.5 Å². The second-order valence-electron chi connectivity index (χ2n) is 4.20. The van der Waals surface area contributed by atoms with Crippen molar-refractivity contribution in [2.75, 3.05) is 11.9 Å². The average Bonchev–Trinajstić information content (AvgIpc) is 2.33. The number of aromatic nitrogens is 1. The highest BCUT2D eigenvalue weighted by Gasteiger charge is 2.04. The summed E-state index contributed by atoms with van der Waals surface area (Å²) in [5, 5.41) is 21.9. The lowest BCUT2D eigenvalue weighted by Gasteiger charge is -2.08. The zero-order chi connectivity index (χ0) is 13.0. The molecular weight excluding hydrogens is 228 g/mol. The smallest absolute Gasteiger partial charge is 0.192 e. The highest BCUT2D eigenvalue weighted by molar-refractivity contribution is 5.60. The van der Waals surface area contributed by atoms with Crippen LogP contribution in [0.4, 0.5) is 11.4 Å². The lowest BCUT2D eigenvalue weighted by atomic mass is 10.1. The van der Waals surface area contributed by atoms with Gasteiger partial charge in [0.2, 0.25) is 0 Å². The van der Waals surface area contributed by atoms with Crippen LogP contribution in [0.15, 0.2) is 42.7 Å². The molecule has 0 fully saturated rings. The van der Waals surface area contributed by atoms with Crippen LogP contribution in [0, 0.1) is 0 Å². The quantitative estimate of drug-likeness (QED) is 0.715. The number of hydrogen-bond acceptors (Lipinski definition) is 3. The molecule has 3 N–H and O–H groups in total. The first-order chi connectivity index (χ1) is 8.69. The Morgan fingerprint density at radius 1 is 1.22 bits per heavy atom. The van der Waals surface area contributed by atoms with Crippen LogP contribution in [0.5, 0.6) is 5.75 Å². The van der Waals surface area contributed by atoms with Gasteiger partial charge in [-0.25, -0.2) is 4.57 Å². The molecule has 0 saturated carbocycles. The van der Waals surface area contributed by atoms with Gasteiger partial charge in [0.05, 0.1) is 0 Å².